The molecule has 1 aliphatic rings. The van der Waals surface area contributed by atoms with E-state index in [1.807, 2.05) is 0 Å². The van der Waals surface area contributed by atoms with Gasteiger partial charge in [-0.25, -0.2) is 20.4 Å². The minimum atomic E-state index is -1.22. The number of urea groups is 1. The number of hydrogen-bond donors (Lipinski definition) is 4. The van der Waals surface area contributed by atoms with Crippen molar-refractivity contribution in [3.8, 4) is 0 Å². The van der Waals surface area contributed by atoms with Crippen molar-refractivity contribution in [2.45, 2.75) is 71.7 Å². The number of rotatable bonds is 11. The van der Waals surface area contributed by atoms with Gasteiger partial charge in [-0.2, -0.15) is 0 Å². The average Bonchev–Trinajstić information content (AvgIpc) is 2.90. The van der Waals surface area contributed by atoms with Gasteiger partial charge in [0, 0.05) is 33.4 Å². The predicted molar refractivity (Wildman–Crippen MR) is 142 cm³/mol. The molecule has 1 fully saturated rings. The molecule has 1 aromatic rings. The maximum absolute atomic E-state index is 12.0. The molecule has 1 saturated heterocycles. The summed E-state index contributed by atoms with van der Waals surface area (Å²) in [5.41, 5.74) is 5.47. The largest absolute Gasteiger partial charge is 0.463 e. The van der Waals surface area contributed by atoms with Gasteiger partial charge in [0.1, 0.15) is 18.8 Å². The van der Waals surface area contributed by atoms with Crippen LogP contribution in [-0.4, -0.2) is 86.4 Å². The molecule has 0 spiro atoms. The van der Waals surface area contributed by atoms with Crippen LogP contribution in [0.4, 0.5) is 15.3 Å². The van der Waals surface area contributed by atoms with Crippen molar-refractivity contribution in [2.75, 3.05) is 25.1 Å². The van der Waals surface area contributed by atoms with Gasteiger partial charge in [0.15, 0.2) is 18.5 Å². The Balaban J connectivity index is 2.09. The number of carbonyl (C=O) groups is 6. The van der Waals surface area contributed by atoms with E-state index in [4.69, 9.17) is 23.7 Å². The second-order valence-electron chi connectivity index (χ2n) is 8.96. The second kappa shape index (κ2) is 16.7. The van der Waals surface area contributed by atoms with Crippen LogP contribution in [0.5, 0.6) is 0 Å². The van der Waals surface area contributed by atoms with Crippen molar-refractivity contribution in [3.05, 3.63) is 29.8 Å². The van der Waals surface area contributed by atoms with E-state index in [1.54, 1.807) is 31.2 Å². The maximum atomic E-state index is 12.0. The summed E-state index contributed by atoms with van der Waals surface area (Å²) in [5, 5.41) is 5.17. The summed E-state index contributed by atoms with van der Waals surface area (Å²) in [6.45, 7) is 6.25. The van der Waals surface area contributed by atoms with Gasteiger partial charge in [0.2, 0.25) is 5.91 Å². The summed E-state index contributed by atoms with van der Waals surface area (Å²) >= 11 is 0. The highest BCUT2D eigenvalue weighted by Crippen LogP contribution is 2.28. The molecule has 1 heterocycles. The third-order valence-corrected chi connectivity index (χ3v) is 5.51. The van der Waals surface area contributed by atoms with Crippen LogP contribution < -0.4 is 21.5 Å². The summed E-state index contributed by atoms with van der Waals surface area (Å²) in [6.07, 6.45) is -5.13. The first-order chi connectivity index (χ1) is 19.9. The molecule has 1 aromatic carbocycles. The van der Waals surface area contributed by atoms with E-state index in [2.05, 4.69) is 26.2 Å². The maximum Gasteiger partial charge on any atom is 0.426 e. The van der Waals surface area contributed by atoms with E-state index in [-0.39, 0.29) is 19.8 Å². The quantitative estimate of drug-likeness (QED) is 0.158. The zero-order valence-corrected chi connectivity index (χ0v) is 23.9. The van der Waals surface area contributed by atoms with E-state index in [9.17, 15) is 28.8 Å². The molecule has 5 atom stereocenters. The molecule has 2 rings (SSSR count). The molecule has 0 bridgehead atoms. The van der Waals surface area contributed by atoms with Crippen LogP contribution in [0.3, 0.4) is 0 Å². The normalized spacial score (nSPS) is 21.2. The average molecular weight is 597 g/mol. The Morgan fingerprint density at radius 2 is 1.48 bits per heavy atom. The Morgan fingerprint density at radius 3 is 2.05 bits per heavy atom. The molecule has 42 heavy (non-hydrogen) atoms. The monoisotopic (exact) mass is 596 g/mol. The first-order valence-electron chi connectivity index (χ1n) is 13.0. The Kier molecular flexibility index (Phi) is 13.5. The highest BCUT2D eigenvalue weighted by molar-refractivity contribution is 5.90. The molecular formula is C26H36N4O12. The van der Waals surface area contributed by atoms with E-state index in [0.717, 1.165) is 19.4 Å². The summed E-state index contributed by atoms with van der Waals surface area (Å²) < 4.78 is 32.4. The molecule has 4 amide bonds. The number of anilines is 1. The van der Waals surface area contributed by atoms with Crippen molar-refractivity contribution in [2.24, 2.45) is 0 Å². The molecule has 4 N–H and O–H groups in total. The SMILES string of the molecule is CCOC(=O)NNC(=O)Nc1ccc(CCO[C@@H]2O[C@H](COC(C)=O)[C@@H](OC(C)=O)[C@H](OC(C)=O)[C@H]2NC(C)=O)cc1. The second-order valence-corrected chi connectivity index (χ2v) is 8.96. The van der Waals surface area contributed by atoms with E-state index < -0.39 is 66.6 Å². The summed E-state index contributed by atoms with van der Waals surface area (Å²) in [7, 11) is 0. The number of esters is 3. The zero-order valence-electron chi connectivity index (χ0n) is 23.9. The lowest BCUT2D eigenvalue weighted by atomic mass is 9.96. The van der Waals surface area contributed by atoms with E-state index in [0.29, 0.717) is 12.1 Å². The fraction of sp³-hybridized carbons (Fsp3) is 0.538. The van der Waals surface area contributed by atoms with Crippen molar-refractivity contribution in [1.82, 2.24) is 16.2 Å². The Hall–Kier alpha value is -4.44. The first kappa shape index (κ1) is 33.8. The van der Waals surface area contributed by atoms with Crippen molar-refractivity contribution in [1.29, 1.82) is 0 Å². The van der Waals surface area contributed by atoms with Gasteiger partial charge in [-0.3, -0.25) is 19.2 Å². The van der Waals surface area contributed by atoms with Crippen LogP contribution >= 0.6 is 0 Å². The Bertz CT molecular complexity index is 1110. The summed E-state index contributed by atoms with van der Waals surface area (Å²) in [6, 6.07) is 4.96. The summed E-state index contributed by atoms with van der Waals surface area (Å²) in [4.78, 5) is 70.4. The highest BCUT2D eigenvalue weighted by atomic mass is 16.7. The number of amides is 4. The standard InChI is InChI=1S/C26H36N4O12/c1-6-37-26(36)30-29-25(35)28-19-9-7-18(8-10-19)11-12-38-24-21(27-14(2)31)23(41-17(5)34)22(40-16(4)33)20(42-24)13-39-15(3)32/h7-10,20-24H,6,11-13H2,1-5H3,(H,27,31)(H,30,36)(H2,28,29,35)/t20-,21-,22-,23-,24-/m1/s1. The number of hydrazine groups is 1. The molecule has 0 radical (unpaired) electrons. The van der Waals surface area contributed by atoms with Gasteiger partial charge in [-0.15, -0.1) is 0 Å². The van der Waals surface area contributed by atoms with Crippen LogP contribution in [0, 0.1) is 0 Å². The number of carbonyl (C=O) groups excluding carboxylic acids is 6. The minimum Gasteiger partial charge on any atom is -0.463 e. The van der Waals surface area contributed by atoms with Gasteiger partial charge in [-0.1, -0.05) is 12.1 Å². The van der Waals surface area contributed by atoms with Crippen LogP contribution in [-0.2, 0) is 54.0 Å². The fourth-order valence-electron chi connectivity index (χ4n) is 3.92. The number of hydrogen-bond acceptors (Lipinski definition) is 12. The topological polar surface area (TPSA) is 206 Å². The molecule has 232 valence electrons. The molecule has 0 saturated carbocycles. The molecule has 0 aliphatic carbocycles. The molecule has 0 aromatic heterocycles. The molecule has 16 heteroatoms. The minimum absolute atomic E-state index is 0.0722. The zero-order chi connectivity index (χ0) is 31.2. The van der Waals surface area contributed by atoms with Crippen molar-refractivity contribution in [3.63, 3.8) is 0 Å². The van der Waals surface area contributed by atoms with Crippen LogP contribution in [0.1, 0.15) is 40.2 Å². The van der Waals surface area contributed by atoms with Crippen LogP contribution in [0.15, 0.2) is 24.3 Å². The van der Waals surface area contributed by atoms with E-state index >= 15 is 0 Å². The van der Waals surface area contributed by atoms with Gasteiger partial charge in [-0.05, 0) is 31.0 Å². The number of nitrogens with one attached hydrogen (secondary N) is 4. The number of benzene rings is 1. The van der Waals surface area contributed by atoms with Gasteiger partial charge in [0.05, 0.1) is 13.2 Å². The Morgan fingerprint density at radius 1 is 0.833 bits per heavy atom. The number of ether oxygens (including phenoxy) is 6. The first-order valence-corrected chi connectivity index (χ1v) is 13.0. The molecule has 16 nitrogen and oxygen atoms in total. The highest BCUT2D eigenvalue weighted by Gasteiger charge is 2.51. The third-order valence-electron chi connectivity index (χ3n) is 5.51. The van der Waals surface area contributed by atoms with E-state index in [1.165, 1.54) is 13.8 Å². The predicted octanol–water partition coefficient (Wildman–Crippen LogP) is 0.684. The lowest BCUT2D eigenvalue weighted by molar-refractivity contribution is -0.277. The Labute approximate surface area is 242 Å². The lowest BCUT2D eigenvalue weighted by Gasteiger charge is -2.44. The smallest absolute Gasteiger partial charge is 0.426 e. The van der Waals surface area contributed by atoms with Crippen molar-refractivity contribution < 1.29 is 57.2 Å². The fourth-order valence-corrected chi connectivity index (χ4v) is 3.92. The van der Waals surface area contributed by atoms with Crippen LogP contribution in [0.2, 0.25) is 0 Å². The van der Waals surface area contributed by atoms with Gasteiger partial charge >= 0.3 is 30.0 Å². The van der Waals surface area contributed by atoms with Gasteiger partial charge < -0.3 is 39.1 Å². The molecule has 1 aliphatic heterocycles. The summed E-state index contributed by atoms with van der Waals surface area (Å²) in [5.74, 6) is -2.52. The van der Waals surface area contributed by atoms with Crippen LogP contribution in [0.25, 0.3) is 0 Å². The molecular weight excluding hydrogens is 560 g/mol. The lowest BCUT2D eigenvalue weighted by Crippen LogP contribution is -2.66. The van der Waals surface area contributed by atoms with Crippen molar-refractivity contribution >= 4 is 41.6 Å². The third kappa shape index (κ3) is 11.6. The molecule has 0 unspecified atom stereocenters. The van der Waals surface area contributed by atoms with Gasteiger partial charge in [0.25, 0.3) is 0 Å².